The Hall–Kier alpha value is -2.92. The molecule has 4 nitrogen and oxygen atoms in total. The van der Waals surface area contributed by atoms with Gasteiger partial charge in [0.1, 0.15) is 10.5 Å². The molecule has 0 radical (unpaired) electrons. The van der Waals surface area contributed by atoms with E-state index in [2.05, 4.69) is 45.4 Å². The van der Waals surface area contributed by atoms with Crippen LogP contribution in [0.15, 0.2) is 72.2 Å². The first-order chi connectivity index (χ1) is 13.2. The Bertz CT molecular complexity index is 1040. The quantitative estimate of drug-likeness (QED) is 0.532. The van der Waals surface area contributed by atoms with E-state index in [1.165, 1.54) is 5.56 Å². The Morgan fingerprint density at radius 1 is 1.15 bits per heavy atom. The minimum absolute atomic E-state index is 0.0443. The fourth-order valence-corrected chi connectivity index (χ4v) is 4.30. The number of carbonyl (C=O) groups is 1. The van der Waals surface area contributed by atoms with Gasteiger partial charge >= 0.3 is 0 Å². The summed E-state index contributed by atoms with van der Waals surface area (Å²) in [4.78, 5) is 18.3. The van der Waals surface area contributed by atoms with E-state index in [1.54, 1.807) is 17.5 Å². The number of hydrogen-bond donors (Lipinski definition) is 1. The number of pyridine rings is 1. The molecular weight excluding hydrogens is 354 g/mol. The monoisotopic (exact) mass is 375 g/mol. The summed E-state index contributed by atoms with van der Waals surface area (Å²) in [6.45, 7) is 2.70. The fraction of sp³-hybridized carbons (Fsp3) is 0.182. The number of carbonyl (C=O) groups excluding carboxylic acids is 1. The van der Waals surface area contributed by atoms with Crippen LogP contribution in [0.4, 0.5) is 0 Å². The molecule has 5 heteroatoms. The lowest BCUT2D eigenvalue weighted by atomic mass is 10.1. The van der Waals surface area contributed by atoms with Crippen molar-refractivity contribution in [3.05, 3.63) is 89.2 Å². The Kier molecular flexibility index (Phi) is 5.03. The highest BCUT2D eigenvalue weighted by molar-refractivity contribution is 7.16. The van der Waals surface area contributed by atoms with Gasteiger partial charge in [-0.15, -0.1) is 11.3 Å². The number of thiophene rings is 1. The number of hydrogen-bond acceptors (Lipinski definition) is 3. The van der Waals surface area contributed by atoms with E-state index in [0.717, 1.165) is 22.3 Å². The molecule has 136 valence electrons. The summed E-state index contributed by atoms with van der Waals surface area (Å²) in [6, 6.07) is 20.3. The van der Waals surface area contributed by atoms with Crippen LogP contribution in [0.3, 0.4) is 0 Å². The Morgan fingerprint density at radius 3 is 2.74 bits per heavy atom. The minimum Gasteiger partial charge on any atom is -0.350 e. The van der Waals surface area contributed by atoms with Crippen molar-refractivity contribution in [1.29, 1.82) is 0 Å². The maximum absolute atomic E-state index is 12.9. The van der Waals surface area contributed by atoms with Crippen LogP contribution in [-0.2, 0) is 6.42 Å². The van der Waals surface area contributed by atoms with E-state index >= 15 is 0 Å². The second-order valence-corrected chi connectivity index (χ2v) is 7.39. The molecule has 0 unspecified atom stereocenters. The van der Waals surface area contributed by atoms with Crippen LogP contribution in [0.5, 0.6) is 0 Å². The molecule has 0 fully saturated rings. The standard InChI is InChI=1S/C22H21N3OS/c1-16(17-7-3-2-4-8-17)25-20(15-18-11-14-27-22(18)25)21(26)24-13-10-19-9-5-6-12-23-19/h2-9,11-12,14-16H,10,13H2,1H3,(H,24,26)/t16-/m1/s1. The molecule has 1 aromatic carbocycles. The van der Waals surface area contributed by atoms with Crippen molar-refractivity contribution in [2.75, 3.05) is 6.54 Å². The molecule has 0 saturated heterocycles. The summed E-state index contributed by atoms with van der Waals surface area (Å²) in [6.07, 6.45) is 2.49. The third-order valence-electron chi connectivity index (χ3n) is 4.74. The third-order valence-corrected chi connectivity index (χ3v) is 5.67. The van der Waals surface area contributed by atoms with Crippen molar-refractivity contribution in [2.24, 2.45) is 0 Å². The molecule has 4 aromatic rings. The van der Waals surface area contributed by atoms with Crippen molar-refractivity contribution in [3.8, 4) is 0 Å². The summed E-state index contributed by atoms with van der Waals surface area (Å²) in [5.74, 6) is -0.0443. The topological polar surface area (TPSA) is 46.9 Å². The average Bonchev–Trinajstić information content (AvgIpc) is 3.30. The summed E-state index contributed by atoms with van der Waals surface area (Å²) in [7, 11) is 0. The number of amides is 1. The number of aromatic nitrogens is 2. The predicted molar refractivity (Wildman–Crippen MR) is 110 cm³/mol. The highest BCUT2D eigenvalue weighted by atomic mass is 32.1. The van der Waals surface area contributed by atoms with Crippen molar-refractivity contribution in [1.82, 2.24) is 14.9 Å². The van der Waals surface area contributed by atoms with Gasteiger partial charge in [-0.25, -0.2) is 0 Å². The molecule has 0 aliphatic carbocycles. The van der Waals surface area contributed by atoms with Gasteiger partial charge in [-0.2, -0.15) is 0 Å². The molecule has 27 heavy (non-hydrogen) atoms. The molecule has 1 amide bonds. The van der Waals surface area contributed by atoms with Gasteiger partial charge in [0.05, 0.1) is 6.04 Å². The Balaban J connectivity index is 1.58. The fourth-order valence-electron chi connectivity index (χ4n) is 3.32. The maximum Gasteiger partial charge on any atom is 0.267 e. The van der Waals surface area contributed by atoms with E-state index in [-0.39, 0.29) is 11.9 Å². The van der Waals surface area contributed by atoms with Crippen molar-refractivity contribution in [3.63, 3.8) is 0 Å². The molecule has 0 spiro atoms. The Morgan fingerprint density at radius 2 is 1.96 bits per heavy atom. The second kappa shape index (κ2) is 7.76. The van der Waals surface area contributed by atoms with Gasteiger partial charge in [0.25, 0.3) is 5.91 Å². The lowest BCUT2D eigenvalue weighted by Crippen LogP contribution is -2.28. The first kappa shape index (κ1) is 17.5. The number of benzene rings is 1. The molecule has 1 atom stereocenters. The van der Waals surface area contributed by atoms with Crippen molar-refractivity contribution >= 4 is 27.5 Å². The molecule has 0 bridgehead atoms. The molecule has 3 heterocycles. The number of rotatable bonds is 6. The number of nitrogens with zero attached hydrogens (tertiary/aromatic N) is 2. The lowest BCUT2D eigenvalue weighted by Gasteiger charge is -2.18. The highest BCUT2D eigenvalue weighted by Gasteiger charge is 2.21. The van der Waals surface area contributed by atoms with Gasteiger partial charge in [-0.1, -0.05) is 36.4 Å². The highest BCUT2D eigenvalue weighted by Crippen LogP contribution is 2.31. The summed E-state index contributed by atoms with van der Waals surface area (Å²) >= 11 is 1.67. The maximum atomic E-state index is 12.9. The normalized spacial score (nSPS) is 12.2. The van der Waals surface area contributed by atoms with E-state index in [4.69, 9.17) is 0 Å². The van der Waals surface area contributed by atoms with Crippen LogP contribution < -0.4 is 5.32 Å². The molecule has 3 aromatic heterocycles. The molecule has 0 aliphatic rings. The van der Waals surface area contributed by atoms with Crippen LogP contribution in [0.1, 0.15) is 34.7 Å². The van der Waals surface area contributed by atoms with Crippen LogP contribution in [-0.4, -0.2) is 22.0 Å². The summed E-state index contributed by atoms with van der Waals surface area (Å²) in [5.41, 5.74) is 2.87. The van der Waals surface area contributed by atoms with E-state index in [9.17, 15) is 4.79 Å². The van der Waals surface area contributed by atoms with Crippen LogP contribution in [0.25, 0.3) is 10.2 Å². The molecule has 4 rings (SSSR count). The van der Waals surface area contributed by atoms with Crippen LogP contribution in [0.2, 0.25) is 0 Å². The van der Waals surface area contributed by atoms with Crippen molar-refractivity contribution in [2.45, 2.75) is 19.4 Å². The van der Waals surface area contributed by atoms with Crippen molar-refractivity contribution < 1.29 is 4.79 Å². The Labute approximate surface area is 162 Å². The predicted octanol–water partition coefficient (Wildman–Crippen LogP) is 4.68. The second-order valence-electron chi connectivity index (χ2n) is 6.49. The largest absolute Gasteiger partial charge is 0.350 e. The number of fused-ring (bicyclic) bond motifs is 1. The van der Waals surface area contributed by atoms with E-state index in [1.807, 2.05) is 42.5 Å². The smallest absolute Gasteiger partial charge is 0.267 e. The van der Waals surface area contributed by atoms with Gasteiger partial charge in [-0.3, -0.25) is 9.78 Å². The third kappa shape index (κ3) is 3.64. The number of nitrogens with one attached hydrogen (secondary N) is 1. The lowest BCUT2D eigenvalue weighted by molar-refractivity contribution is 0.0944. The molecule has 0 saturated carbocycles. The molecule has 0 aliphatic heterocycles. The molecule has 1 N–H and O–H groups in total. The SMILES string of the molecule is C[C@H](c1ccccc1)n1c(C(=O)NCCc2ccccn2)cc2ccsc21. The van der Waals surface area contributed by atoms with E-state index in [0.29, 0.717) is 12.2 Å². The van der Waals surface area contributed by atoms with Crippen LogP contribution in [0, 0.1) is 0 Å². The zero-order chi connectivity index (χ0) is 18.6. The van der Waals surface area contributed by atoms with Crippen LogP contribution >= 0.6 is 11.3 Å². The molecular formula is C22H21N3OS. The first-order valence-corrected chi connectivity index (χ1v) is 9.93. The summed E-state index contributed by atoms with van der Waals surface area (Å²) < 4.78 is 2.14. The van der Waals surface area contributed by atoms with Gasteiger partial charge in [0.15, 0.2) is 0 Å². The minimum atomic E-state index is -0.0443. The zero-order valence-electron chi connectivity index (χ0n) is 15.1. The van der Waals surface area contributed by atoms with Gasteiger partial charge in [-0.05, 0) is 42.1 Å². The van der Waals surface area contributed by atoms with Gasteiger partial charge in [0.2, 0.25) is 0 Å². The first-order valence-electron chi connectivity index (χ1n) is 9.05. The van der Waals surface area contributed by atoms with Gasteiger partial charge in [0, 0.05) is 30.2 Å². The average molecular weight is 375 g/mol. The summed E-state index contributed by atoms with van der Waals surface area (Å²) in [5, 5.41) is 6.23. The zero-order valence-corrected chi connectivity index (χ0v) is 15.9. The van der Waals surface area contributed by atoms with E-state index < -0.39 is 0 Å². The van der Waals surface area contributed by atoms with Gasteiger partial charge < -0.3 is 9.88 Å².